The average Bonchev–Trinajstić information content (AvgIpc) is 3.28. The van der Waals surface area contributed by atoms with Gasteiger partial charge in [0.1, 0.15) is 0 Å². The smallest absolute Gasteiger partial charge is 0.230 e. The quantitative estimate of drug-likeness (QED) is 0.915. The van der Waals surface area contributed by atoms with Gasteiger partial charge in [-0.25, -0.2) is 0 Å². The van der Waals surface area contributed by atoms with E-state index in [1.807, 2.05) is 42.9 Å². The minimum Gasteiger partial charge on any atom is -0.355 e. The maximum atomic E-state index is 12.6. The zero-order valence-electron chi connectivity index (χ0n) is 13.8. The lowest BCUT2D eigenvalue weighted by atomic mass is 9.95. The molecule has 0 bridgehead atoms. The van der Waals surface area contributed by atoms with Crippen molar-refractivity contribution >= 4 is 17.5 Å². The van der Waals surface area contributed by atoms with Crippen LogP contribution in [0.25, 0.3) is 0 Å². The van der Waals surface area contributed by atoms with Gasteiger partial charge in [0.15, 0.2) is 0 Å². The summed E-state index contributed by atoms with van der Waals surface area (Å²) in [6, 6.07) is 7.65. The second-order valence-corrected chi connectivity index (χ2v) is 6.81. The van der Waals surface area contributed by atoms with Crippen molar-refractivity contribution in [3.05, 3.63) is 51.8 Å². The zero-order chi connectivity index (χ0) is 16.6. The van der Waals surface area contributed by atoms with Crippen molar-refractivity contribution in [3.8, 4) is 0 Å². The lowest BCUT2D eigenvalue weighted by molar-refractivity contribution is -0.123. The highest BCUT2D eigenvalue weighted by molar-refractivity contribution is 6.30. The first-order chi connectivity index (χ1) is 10.9. The monoisotopic (exact) mass is 331 g/mol. The van der Waals surface area contributed by atoms with Gasteiger partial charge in [-0.2, -0.15) is 5.10 Å². The van der Waals surface area contributed by atoms with Crippen LogP contribution in [0.5, 0.6) is 0 Å². The SMILES string of the molecule is Cc1nn(C)c(C)c1CCNC(=O)C1(c2cccc(Cl)c2)CC1. The number of halogens is 1. The molecule has 1 aromatic heterocycles. The molecule has 3 rings (SSSR count). The second-order valence-electron chi connectivity index (χ2n) is 6.37. The first kappa shape index (κ1) is 16.1. The van der Waals surface area contributed by atoms with E-state index in [9.17, 15) is 4.79 Å². The lowest BCUT2D eigenvalue weighted by Gasteiger charge is -2.16. The van der Waals surface area contributed by atoms with Gasteiger partial charge in [-0.1, -0.05) is 23.7 Å². The summed E-state index contributed by atoms with van der Waals surface area (Å²) in [5, 5.41) is 8.20. The van der Waals surface area contributed by atoms with E-state index in [-0.39, 0.29) is 11.3 Å². The number of rotatable bonds is 5. The number of carbonyl (C=O) groups excluding carboxylic acids is 1. The molecule has 1 aliphatic carbocycles. The first-order valence-electron chi connectivity index (χ1n) is 7.97. The van der Waals surface area contributed by atoms with Gasteiger partial charge in [0.05, 0.1) is 11.1 Å². The molecule has 5 heteroatoms. The molecule has 1 saturated carbocycles. The molecule has 0 radical (unpaired) electrons. The van der Waals surface area contributed by atoms with Crippen molar-refractivity contribution in [3.63, 3.8) is 0 Å². The number of carbonyl (C=O) groups is 1. The lowest BCUT2D eigenvalue weighted by Crippen LogP contribution is -2.36. The number of amides is 1. The summed E-state index contributed by atoms with van der Waals surface area (Å²) >= 11 is 6.06. The van der Waals surface area contributed by atoms with E-state index in [4.69, 9.17) is 11.6 Å². The van der Waals surface area contributed by atoms with E-state index in [2.05, 4.69) is 17.3 Å². The van der Waals surface area contributed by atoms with E-state index in [1.54, 1.807) is 0 Å². The first-order valence-corrected chi connectivity index (χ1v) is 8.35. The van der Waals surface area contributed by atoms with Crippen molar-refractivity contribution < 1.29 is 4.79 Å². The molecule has 1 aliphatic rings. The average molecular weight is 332 g/mol. The molecule has 1 heterocycles. The number of nitrogens with one attached hydrogen (secondary N) is 1. The third-order valence-electron chi connectivity index (χ3n) is 4.88. The van der Waals surface area contributed by atoms with Crippen LogP contribution in [-0.4, -0.2) is 22.2 Å². The predicted molar refractivity (Wildman–Crippen MR) is 91.8 cm³/mol. The summed E-state index contributed by atoms with van der Waals surface area (Å²) in [7, 11) is 1.95. The molecule has 122 valence electrons. The number of aromatic nitrogens is 2. The van der Waals surface area contributed by atoms with Crippen LogP contribution in [0.2, 0.25) is 5.02 Å². The fraction of sp³-hybridized carbons (Fsp3) is 0.444. The molecule has 0 spiro atoms. The van der Waals surface area contributed by atoms with E-state index >= 15 is 0 Å². The third-order valence-corrected chi connectivity index (χ3v) is 5.12. The molecular formula is C18H22ClN3O. The van der Waals surface area contributed by atoms with Crippen molar-refractivity contribution in [1.82, 2.24) is 15.1 Å². The highest BCUT2D eigenvalue weighted by Crippen LogP contribution is 2.48. The van der Waals surface area contributed by atoms with Gasteiger partial charge in [0.2, 0.25) is 5.91 Å². The van der Waals surface area contributed by atoms with Crippen LogP contribution < -0.4 is 5.32 Å². The molecule has 0 unspecified atom stereocenters. The fourth-order valence-electron chi connectivity index (χ4n) is 3.21. The maximum Gasteiger partial charge on any atom is 0.230 e. The summed E-state index contributed by atoms with van der Waals surface area (Å²) in [6.07, 6.45) is 2.59. The van der Waals surface area contributed by atoms with E-state index in [1.165, 1.54) is 5.56 Å². The number of nitrogens with zero attached hydrogens (tertiary/aromatic N) is 2. The zero-order valence-corrected chi connectivity index (χ0v) is 14.6. The van der Waals surface area contributed by atoms with E-state index in [0.717, 1.165) is 36.2 Å². The van der Waals surface area contributed by atoms with Crippen molar-refractivity contribution in [2.24, 2.45) is 7.05 Å². The second kappa shape index (κ2) is 6.00. The molecule has 4 nitrogen and oxygen atoms in total. The van der Waals surface area contributed by atoms with Gasteiger partial charge in [-0.05, 0) is 56.4 Å². The summed E-state index contributed by atoms with van der Waals surface area (Å²) in [5.74, 6) is 0.110. The van der Waals surface area contributed by atoms with Crippen molar-refractivity contribution in [2.75, 3.05) is 6.54 Å². The third kappa shape index (κ3) is 3.00. The molecule has 0 atom stereocenters. The normalized spacial score (nSPS) is 15.5. The van der Waals surface area contributed by atoms with Gasteiger partial charge in [0.25, 0.3) is 0 Å². The van der Waals surface area contributed by atoms with Crippen molar-refractivity contribution in [2.45, 2.75) is 38.5 Å². The van der Waals surface area contributed by atoms with Crippen LogP contribution >= 0.6 is 11.6 Å². The Morgan fingerprint density at radius 1 is 1.39 bits per heavy atom. The summed E-state index contributed by atoms with van der Waals surface area (Å²) in [5.41, 5.74) is 4.07. The Bertz CT molecular complexity index is 747. The Hall–Kier alpha value is -1.81. The predicted octanol–water partition coefficient (Wildman–Crippen LogP) is 3.08. The minimum atomic E-state index is -0.371. The molecule has 1 N–H and O–H groups in total. The highest BCUT2D eigenvalue weighted by Gasteiger charge is 2.51. The molecule has 0 saturated heterocycles. The van der Waals surface area contributed by atoms with Gasteiger partial charge >= 0.3 is 0 Å². The fourth-order valence-corrected chi connectivity index (χ4v) is 3.40. The molecule has 23 heavy (non-hydrogen) atoms. The van der Waals surface area contributed by atoms with Crippen LogP contribution in [0.4, 0.5) is 0 Å². The summed E-state index contributed by atoms with van der Waals surface area (Å²) in [4.78, 5) is 12.6. The molecule has 2 aromatic rings. The minimum absolute atomic E-state index is 0.110. The van der Waals surface area contributed by atoms with Crippen LogP contribution in [0, 0.1) is 13.8 Å². The standard InChI is InChI=1S/C18H22ClN3O/c1-12-16(13(2)22(3)21-12)7-10-20-17(23)18(8-9-18)14-5-4-6-15(19)11-14/h4-6,11H,7-10H2,1-3H3,(H,20,23). The number of hydrogen-bond acceptors (Lipinski definition) is 2. The van der Waals surface area contributed by atoms with Gasteiger partial charge in [0, 0.05) is 24.3 Å². The van der Waals surface area contributed by atoms with Crippen LogP contribution in [-0.2, 0) is 23.7 Å². The Morgan fingerprint density at radius 2 is 2.13 bits per heavy atom. The summed E-state index contributed by atoms with van der Waals surface area (Å²) in [6.45, 7) is 4.71. The topological polar surface area (TPSA) is 46.9 Å². The Kier molecular flexibility index (Phi) is 4.19. The molecular weight excluding hydrogens is 310 g/mol. The maximum absolute atomic E-state index is 12.6. The van der Waals surface area contributed by atoms with Gasteiger partial charge in [-0.3, -0.25) is 9.48 Å². The highest BCUT2D eigenvalue weighted by atomic mass is 35.5. The van der Waals surface area contributed by atoms with Crippen LogP contribution in [0.15, 0.2) is 24.3 Å². The van der Waals surface area contributed by atoms with Crippen LogP contribution in [0.1, 0.15) is 35.4 Å². The van der Waals surface area contributed by atoms with E-state index in [0.29, 0.717) is 11.6 Å². The summed E-state index contributed by atoms with van der Waals surface area (Å²) < 4.78 is 1.89. The van der Waals surface area contributed by atoms with E-state index < -0.39 is 0 Å². The van der Waals surface area contributed by atoms with Crippen LogP contribution in [0.3, 0.4) is 0 Å². The van der Waals surface area contributed by atoms with Gasteiger partial charge < -0.3 is 5.32 Å². The number of aryl methyl sites for hydroxylation is 2. The van der Waals surface area contributed by atoms with Crippen molar-refractivity contribution in [1.29, 1.82) is 0 Å². The Balaban J connectivity index is 1.64. The van der Waals surface area contributed by atoms with Gasteiger partial charge in [-0.15, -0.1) is 0 Å². The molecule has 1 aromatic carbocycles. The Labute approximate surface area is 141 Å². The number of benzene rings is 1. The Morgan fingerprint density at radius 3 is 2.70 bits per heavy atom. The largest absolute Gasteiger partial charge is 0.355 e. The molecule has 1 amide bonds. The number of hydrogen-bond donors (Lipinski definition) is 1. The molecule has 1 fully saturated rings. The molecule has 0 aliphatic heterocycles.